The Morgan fingerprint density at radius 3 is 2.67 bits per heavy atom. The Kier molecular flexibility index (Phi) is 5.08. The highest BCUT2D eigenvalue weighted by Gasteiger charge is 2.14. The number of halogens is 1. The summed E-state index contributed by atoms with van der Waals surface area (Å²) < 4.78 is 10.1. The molecular formula is C14H14ClN3O3. The number of benzene rings is 1. The molecule has 2 rings (SSSR count). The van der Waals surface area contributed by atoms with Gasteiger partial charge in [-0.1, -0.05) is 12.1 Å². The molecule has 0 saturated heterocycles. The number of methoxy groups -OCH3 is 1. The van der Waals surface area contributed by atoms with Crippen molar-refractivity contribution in [2.24, 2.45) is 5.73 Å². The molecule has 7 heteroatoms. The van der Waals surface area contributed by atoms with Gasteiger partial charge in [0.1, 0.15) is 11.8 Å². The first-order valence-corrected chi connectivity index (χ1v) is 6.55. The van der Waals surface area contributed by atoms with Crippen LogP contribution in [0.4, 0.5) is 0 Å². The molecule has 21 heavy (non-hydrogen) atoms. The fourth-order valence-corrected chi connectivity index (χ4v) is 1.82. The molecule has 0 radical (unpaired) electrons. The highest BCUT2D eigenvalue weighted by molar-refractivity contribution is 6.28. The lowest BCUT2D eigenvalue weighted by Crippen LogP contribution is -2.33. The van der Waals surface area contributed by atoms with Crippen LogP contribution in [-0.4, -0.2) is 29.1 Å². The van der Waals surface area contributed by atoms with Gasteiger partial charge in [0, 0.05) is 12.3 Å². The van der Waals surface area contributed by atoms with Crippen LogP contribution in [0.2, 0.25) is 5.28 Å². The van der Waals surface area contributed by atoms with E-state index in [2.05, 4.69) is 14.7 Å². The molecule has 0 saturated carbocycles. The molecule has 0 amide bonds. The van der Waals surface area contributed by atoms with Crippen molar-refractivity contribution in [3.05, 3.63) is 47.4 Å². The van der Waals surface area contributed by atoms with Crippen molar-refractivity contribution in [3.8, 4) is 11.6 Å². The average Bonchev–Trinajstić information content (AvgIpc) is 2.48. The second-order valence-corrected chi connectivity index (χ2v) is 4.58. The molecule has 0 aliphatic carbocycles. The van der Waals surface area contributed by atoms with Gasteiger partial charge in [0.15, 0.2) is 0 Å². The Bertz CT molecular complexity index is 619. The first kappa shape index (κ1) is 15.2. The van der Waals surface area contributed by atoms with E-state index in [1.807, 2.05) is 12.1 Å². The number of carbonyl (C=O) groups excluding carboxylic acids is 1. The molecule has 2 aromatic rings. The highest BCUT2D eigenvalue weighted by Crippen LogP contribution is 2.20. The van der Waals surface area contributed by atoms with E-state index in [4.69, 9.17) is 22.1 Å². The monoisotopic (exact) mass is 307 g/mol. The van der Waals surface area contributed by atoms with E-state index < -0.39 is 12.0 Å². The summed E-state index contributed by atoms with van der Waals surface area (Å²) in [6.07, 6.45) is 1.90. The van der Waals surface area contributed by atoms with Crippen molar-refractivity contribution in [3.63, 3.8) is 0 Å². The maximum atomic E-state index is 11.3. The summed E-state index contributed by atoms with van der Waals surface area (Å²) >= 11 is 5.68. The summed E-state index contributed by atoms with van der Waals surface area (Å²) in [4.78, 5) is 19.0. The van der Waals surface area contributed by atoms with Crippen LogP contribution in [0, 0.1) is 0 Å². The van der Waals surface area contributed by atoms with Crippen LogP contribution in [0.5, 0.6) is 11.6 Å². The lowest BCUT2D eigenvalue weighted by Gasteiger charge is -2.10. The smallest absolute Gasteiger partial charge is 0.322 e. The summed E-state index contributed by atoms with van der Waals surface area (Å²) in [6.45, 7) is 0. The third kappa shape index (κ3) is 4.40. The normalized spacial score (nSPS) is 11.8. The molecular weight excluding hydrogens is 294 g/mol. The molecule has 0 aliphatic heterocycles. The predicted molar refractivity (Wildman–Crippen MR) is 77.3 cm³/mol. The molecule has 0 bridgehead atoms. The predicted octanol–water partition coefficient (Wildman–Crippen LogP) is 1.97. The van der Waals surface area contributed by atoms with Crippen molar-refractivity contribution in [2.75, 3.05) is 7.11 Å². The molecule has 0 aliphatic rings. The molecule has 1 aromatic carbocycles. The molecule has 1 atom stereocenters. The van der Waals surface area contributed by atoms with Gasteiger partial charge >= 0.3 is 5.97 Å². The maximum Gasteiger partial charge on any atom is 0.322 e. The lowest BCUT2D eigenvalue weighted by atomic mass is 10.1. The third-order valence-electron chi connectivity index (χ3n) is 2.71. The Morgan fingerprint density at radius 1 is 1.33 bits per heavy atom. The number of nitrogens with zero attached hydrogens (tertiary/aromatic N) is 2. The van der Waals surface area contributed by atoms with Gasteiger partial charge in [-0.05, 0) is 35.7 Å². The van der Waals surface area contributed by atoms with Crippen LogP contribution >= 0.6 is 11.6 Å². The first-order chi connectivity index (χ1) is 10.1. The van der Waals surface area contributed by atoms with E-state index in [1.165, 1.54) is 13.3 Å². The van der Waals surface area contributed by atoms with Gasteiger partial charge in [-0.3, -0.25) is 4.79 Å². The Labute approximate surface area is 126 Å². The second-order valence-electron chi connectivity index (χ2n) is 4.24. The number of esters is 1. The number of ether oxygens (including phenoxy) is 2. The summed E-state index contributed by atoms with van der Waals surface area (Å²) in [6, 6.07) is 8.09. The fourth-order valence-electron chi connectivity index (χ4n) is 1.68. The second kappa shape index (κ2) is 7.01. The van der Waals surface area contributed by atoms with Crippen molar-refractivity contribution in [1.29, 1.82) is 0 Å². The van der Waals surface area contributed by atoms with Gasteiger partial charge < -0.3 is 15.2 Å². The SMILES string of the molecule is COC(=O)[C@@H](N)Cc1ccc(Oc2ccnc(Cl)n2)cc1. The van der Waals surface area contributed by atoms with Crippen molar-refractivity contribution in [1.82, 2.24) is 9.97 Å². The summed E-state index contributed by atoms with van der Waals surface area (Å²) in [5.74, 6) is 0.514. The minimum atomic E-state index is -0.678. The molecule has 110 valence electrons. The quantitative estimate of drug-likeness (QED) is 0.671. The average molecular weight is 308 g/mol. The minimum Gasteiger partial charge on any atom is -0.468 e. The van der Waals surface area contributed by atoms with E-state index in [0.29, 0.717) is 18.1 Å². The van der Waals surface area contributed by atoms with E-state index in [9.17, 15) is 4.79 Å². The number of rotatable bonds is 5. The number of hydrogen-bond donors (Lipinski definition) is 1. The number of nitrogens with two attached hydrogens (primary N) is 1. The molecule has 0 unspecified atom stereocenters. The minimum absolute atomic E-state index is 0.119. The molecule has 6 nitrogen and oxygen atoms in total. The molecule has 1 heterocycles. The van der Waals surface area contributed by atoms with E-state index in [-0.39, 0.29) is 5.28 Å². The third-order valence-corrected chi connectivity index (χ3v) is 2.89. The van der Waals surface area contributed by atoms with Gasteiger partial charge in [0.05, 0.1) is 7.11 Å². The molecule has 0 fully saturated rings. The largest absolute Gasteiger partial charge is 0.468 e. The Hall–Kier alpha value is -2.18. The zero-order valence-corrected chi connectivity index (χ0v) is 12.1. The first-order valence-electron chi connectivity index (χ1n) is 6.17. The number of aromatic nitrogens is 2. The number of hydrogen-bond acceptors (Lipinski definition) is 6. The molecule has 0 spiro atoms. The van der Waals surface area contributed by atoms with Crippen LogP contribution in [0.25, 0.3) is 0 Å². The van der Waals surface area contributed by atoms with Crippen molar-refractivity contribution in [2.45, 2.75) is 12.5 Å². The zero-order chi connectivity index (χ0) is 15.2. The van der Waals surface area contributed by atoms with Crippen molar-refractivity contribution < 1.29 is 14.3 Å². The van der Waals surface area contributed by atoms with E-state index in [1.54, 1.807) is 18.2 Å². The topological polar surface area (TPSA) is 87.3 Å². The molecule has 2 N–H and O–H groups in total. The summed E-state index contributed by atoms with van der Waals surface area (Å²) in [7, 11) is 1.31. The highest BCUT2D eigenvalue weighted by atomic mass is 35.5. The Morgan fingerprint density at radius 2 is 2.05 bits per heavy atom. The number of carbonyl (C=O) groups is 1. The Balaban J connectivity index is 2.00. The summed E-state index contributed by atoms with van der Waals surface area (Å²) in [5.41, 5.74) is 6.60. The van der Waals surface area contributed by atoms with Crippen LogP contribution < -0.4 is 10.5 Å². The van der Waals surface area contributed by atoms with E-state index in [0.717, 1.165) is 5.56 Å². The van der Waals surface area contributed by atoms with Crippen molar-refractivity contribution >= 4 is 17.6 Å². The lowest BCUT2D eigenvalue weighted by molar-refractivity contribution is -0.142. The van der Waals surface area contributed by atoms with Gasteiger partial charge in [0.2, 0.25) is 11.2 Å². The van der Waals surface area contributed by atoms with Gasteiger partial charge in [0.25, 0.3) is 0 Å². The standard InChI is InChI=1S/C14H14ClN3O3/c1-20-13(19)11(16)8-9-2-4-10(5-3-9)21-12-6-7-17-14(15)18-12/h2-7,11H,8,16H2,1H3/t11-/m0/s1. The van der Waals surface area contributed by atoms with Gasteiger partial charge in [-0.15, -0.1) is 0 Å². The molecule has 1 aromatic heterocycles. The van der Waals surface area contributed by atoms with Gasteiger partial charge in [-0.2, -0.15) is 4.98 Å². The van der Waals surface area contributed by atoms with Gasteiger partial charge in [-0.25, -0.2) is 4.98 Å². The maximum absolute atomic E-state index is 11.3. The van der Waals surface area contributed by atoms with Crippen LogP contribution in [0.15, 0.2) is 36.5 Å². The zero-order valence-electron chi connectivity index (χ0n) is 11.3. The van der Waals surface area contributed by atoms with E-state index >= 15 is 0 Å². The van der Waals surface area contributed by atoms with Crippen LogP contribution in [0.1, 0.15) is 5.56 Å². The van der Waals surface area contributed by atoms with Crippen LogP contribution in [-0.2, 0) is 16.0 Å². The fraction of sp³-hybridized carbons (Fsp3) is 0.214. The van der Waals surface area contributed by atoms with Crippen LogP contribution in [0.3, 0.4) is 0 Å². The summed E-state index contributed by atoms with van der Waals surface area (Å²) in [5, 5.41) is 0.119.